The van der Waals surface area contributed by atoms with E-state index in [1.165, 1.54) is 12.8 Å². The fraction of sp³-hybridized carbons (Fsp3) is 0.500. The second kappa shape index (κ2) is 7.08. The Labute approximate surface area is 127 Å². The molecule has 1 atom stereocenters. The highest BCUT2D eigenvalue weighted by molar-refractivity contribution is 7.89. The van der Waals surface area contributed by atoms with E-state index in [9.17, 15) is 8.42 Å². The van der Waals surface area contributed by atoms with E-state index in [-0.39, 0.29) is 10.9 Å². The molecule has 1 aromatic carbocycles. The lowest BCUT2D eigenvalue weighted by molar-refractivity contribution is 0.544. The minimum atomic E-state index is -3.50. The first kappa shape index (κ1) is 16.0. The summed E-state index contributed by atoms with van der Waals surface area (Å²) in [6.07, 6.45) is 8.81. The van der Waals surface area contributed by atoms with E-state index in [1.54, 1.807) is 12.1 Å². The van der Waals surface area contributed by atoms with Crippen molar-refractivity contribution < 1.29 is 8.42 Å². The van der Waals surface area contributed by atoms with Gasteiger partial charge in [0.25, 0.3) is 0 Å². The van der Waals surface area contributed by atoms with E-state index in [1.807, 2.05) is 19.1 Å². The summed E-state index contributed by atoms with van der Waals surface area (Å²) in [6.45, 7) is 2.70. The molecular formula is C16H22N2O2S. The highest BCUT2D eigenvalue weighted by atomic mass is 32.2. The van der Waals surface area contributed by atoms with Crippen molar-refractivity contribution in [3.63, 3.8) is 0 Å². The van der Waals surface area contributed by atoms with Crippen LogP contribution in [-0.2, 0) is 16.6 Å². The summed E-state index contributed by atoms with van der Waals surface area (Å²) in [5, 5.41) is 3.40. The Hall–Kier alpha value is -1.35. The van der Waals surface area contributed by atoms with Gasteiger partial charge in [-0.3, -0.25) is 0 Å². The zero-order chi connectivity index (χ0) is 15.3. The number of benzene rings is 1. The van der Waals surface area contributed by atoms with E-state index in [4.69, 9.17) is 6.42 Å². The van der Waals surface area contributed by atoms with E-state index < -0.39 is 10.0 Å². The van der Waals surface area contributed by atoms with Gasteiger partial charge in [0.15, 0.2) is 0 Å². The molecular weight excluding hydrogens is 284 g/mol. The molecule has 1 unspecified atom stereocenters. The minimum absolute atomic E-state index is 0.212. The van der Waals surface area contributed by atoms with Gasteiger partial charge in [-0.05, 0) is 37.0 Å². The molecule has 21 heavy (non-hydrogen) atoms. The Morgan fingerprint density at radius 1 is 1.33 bits per heavy atom. The molecule has 0 amide bonds. The molecule has 0 saturated heterocycles. The molecule has 0 radical (unpaired) electrons. The fourth-order valence-corrected chi connectivity index (χ4v) is 3.35. The van der Waals surface area contributed by atoms with Gasteiger partial charge >= 0.3 is 0 Å². The predicted molar refractivity (Wildman–Crippen MR) is 84.2 cm³/mol. The summed E-state index contributed by atoms with van der Waals surface area (Å²) in [4.78, 5) is 0.285. The van der Waals surface area contributed by atoms with Crippen LogP contribution < -0.4 is 10.0 Å². The zero-order valence-corrected chi connectivity index (χ0v) is 13.1. The van der Waals surface area contributed by atoms with Gasteiger partial charge in [0.2, 0.25) is 10.0 Å². The van der Waals surface area contributed by atoms with Crippen molar-refractivity contribution in [2.24, 2.45) is 0 Å². The third kappa shape index (κ3) is 4.85. The van der Waals surface area contributed by atoms with Crippen LogP contribution in [0.4, 0.5) is 0 Å². The Balaban J connectivity index is 2.00. The standard InChI is InChI=1S/C16H22N2O2S/c1-3-5-14(4-2)18-21(19,20)16-10-6-13(7-11-16)12-17-15-8-9-15/h1,6-7,10-11,14-15,17-18H,4-5,8-9,12H2,2H3. The van der Waals surface area contributed by atoms with Crippen LogP contribution in [0.2, 0.25) is 0 Å². The summed E-state index contributed by atoms with van der Waals surface area (Å²) >= 11 is 0. The van der Waals surface area contributed by atoms with Crippen molar-refractivity contribution in [1.29, 1.82) is 0 Å². The molecule has 1 aliphatic carbocycles. The quantitative estimate of drug-likeness (QED) is 0.722. The summed E-state index contributed by atoms with van der Waals surface area (Å²) < 4.78 is 27.2. The second-order valence-electron chi connectivity index (χ2n) is 5.43. The van der Waals surface area contributed by atoms with Crippen molar-refractivity contribution in [3.8, 4) is 12.3 Å². The third-order valence-electron chi connectivity index (χ3n) is 3.58. The average molecular weight is 306 g/mol. The van der Waals surface area contributed by atoms with Crippen molar-refractivity contribution in [2.45, 2.75) is 56.1 Å². The van der Waals surface area contributed by atoms with Gasteiger partial charge in [0.05, 0.1) is 4.90 Å². The minimum Gasteiger partial charge on any atom is -0.310 e. The summed E-state index contributed by atoms with van der Waals surface area (Å²) in [5.41, 5.74) is 1.09. The van der Waals surface area contributed by atoms with E-state index in [0.717, 1.165) is 12.1 Å². The van der Waals surface area contributed by atoms with Crippen LogP contribution in [0.1, 0.15) is 38.2 Å². The summed E-state index contributed by atoms with van der Waals surface area (Å²) in [7, 11) is -3.50. The van der Waals surface area contributed by atoms with Crippen molar-refractivity contribution >= 4 is 10.0 Å². The van der Waals surface area contributed by atoms with Crippen LogP contribution in [0.25, 0.3) is 0 Å². The molecule has 1 fully saturated rings. The van der Waals surface area contributed by atoms with E-state index >= 15 is 0 Å². The lowest BCUT2D eigenvalue weighted by atomic mass is 10.2. The molecule has 2 N–H and O–H groups in total. The Morgan fingerprint density at radius 3 is 2.52 bits per heavy atom. The summed E-state index contributed by atoms with van der Waals surface area (Å²) in [5.74, 6) is 2.50. The lowest BCUT2D eigenvalue weighted by Gasteiger charge is -2.14. The normalized spacial score (nSPS) is 16.4. The number of hydrogen-bond donors (Lipinski definition) is 2. The number of rotatable bonds is 8. The largest absolute Gasteiger partial charge is 0.310 e. The van der Waals surface area contributed by atoms with E-state index in [2.05, 4.69) is 16.0 Å². The number of terminal acetylenes is 1. The monoisotopic (exact) mass is 306 g/mol. The van der Waals surface area contributed by atoms with Gasteiger partial charge in [0.1, 0.15) is 0 Å². The van der Waals surface area contributed by atoms with Crippen LogP contribution >= 0.6 is 0 Å². The predicted octanol–water partition coefficient (Wildman–Crippen LogP) is 2.02. The van der Waals surface area contributed by atoms with Gasteiger partial charge in [0, 0.05) is 25.0 Å². The molecule has 1 aliphatic rings. The van der Waals surface area contributed by atoms with Crippen molar-refractivity contribution in [1.82, 2.24) is 10.0 Å². The molecule has 0 aliphatic heterocycles. The maximum Gasteiger partial charge on any atom is 0.240 e. The highest BCUT2D eigenvalue weighted by Crippen LogP contribution is 2.19. The van der Waals surface area contributed by atoms with Crippen LogP contribution in [0, 0.1) is 12.3 Å². The van der Waals surface area contributed by atoms with Crippen molar-refractivity contribution in [2.75, 3.05) is 0 Å². The SMILES string of the molecule is C#CCC(CC)NS(=O)(=O)c1ccc(CNC2CC2)cc1. The van der Waals surface area contributed by atoms with Crippen LogP contribution in [0.15, 0.2) is 29.2 Å². The van der Waals surface area contributed by atoms with Crippen LogP contribution in [0.5, 0.6) is 0 Å². The molecule has 0 heterocycles. The molecule has 2 rings (SSSR count). The van der Waals surface area contributed by atoms with Gasteiger partial charge < -0.3 is 5.32 Å². The lowest BCUT2D eigenvalue weighted by Crippen LogP contribution is -2.34. The zero-order valence-electron chi connectivity index (χ0n) is 12.3. The molecule has 4 nitrogen and oxygen atoms in total. The van der Waals surface area contributed by atoms with Gasteiger partial charge in [-0.15, -0.1) is 12.3 Å². The first-order valence-electron chi connectivity index (χ1n) is 7.33. The Kier molecular flexibility index (Phi) is 5.40. The third-order valence-corrected chi connectivity index (χ3v) is 5.12. The maximum absolute atomic E-state index is 12.3. The first-order chi connectivity index (χ1) is 10.0. The Bertz CT molecular complexity index is 598. The van der Waals surface area contributed by atoms with Crippen LogP contribution in [0.3, 0.4) is 0 Å². The maximum atomic E-state index is 12.3. The molecule has 5 heteroatoms. The second-order valence-corrected chi connectivity index (χ2v) is 7.15. The molecule has 1 saturated carbocycles. The van der Waals surface area contributed by atoms with Gasteiger partial charge in [-0.25, -0.2) is 13.1 Å². The smallest absolute Gasteiger partial charge is 0.240 e. The first-order valence-corrected chi connectivity index (χ1v) is 8.81. The number of hydrogen-bond acceptors (Lipinski definition) is 3. The topological polar surface area (TPSA) is 58.2 Å². The van der Waals surface area contributed by atoms with Crippen LogP contribution in [-0.4, -0.2) is 20.5 Å². The summed E-state index contributed by atoms with van der Waals surface area (Å²) in [6, 6.07) is 7.43. The average Bonchev–Trinajstić information content (AvgIpc) is 3.29. The fourth-order valence-electron chi connectivity index (χ4n) is 2.04. The van der Waals surface area contributed by atoms with Gasteiger partial charge in [-0.1, -0.05) is 19.1 Å². The molecule has 0 spiro atoms. The Morgan fingerprint density at radius 2 is 2.00 bits per heavy atom. The van der Waals surface area contributed by atoms with Gasteiger partial charge in [-0.2, -0.15) is 0 Å². The number of nitrogens with one attached hydrogen (secondary N) is 2. The number of sulfonamides is 1. The molecule has 1 aromatic rings. The van der Waals surface area contributed by atoms with Crippen molar-refractivity contribution in [3.05, 3.63) is 29.8 Å². The molecule has 0 aromatic heterocycles. The highest BCUT2D eigenvalue weighted by Gasteiger charge is 2.20. The molecule has 114 valence electrons. The van der Waals surface area contributed by atoms with E-state index in [0.29, 0.717) is 18.9 Å². The molecule has 0 bridgehead atoms.